The summed E-state index contributed by atoms with van der Waals surface area (Å²) >= 11 is 2.95. The van der Waals surface area contributed by atoms with Crippen LogP contribution in [-0.4, -0.2) is 40.0 Å². The Labute approximate surface area is 187 Å². The van der Waals surface area contributed by atoms with E-state index in [2.05, 4.69) is 27.6 Å². The molecule has 0 unspecified atom stereocenters. The van der Waals surface area contributed by atoms with Crippen LogP contribution in [0.1, 0.15) is 28.8 Å². The van der Waals surface area contributed by atoms with Crippen LogP contribution >= 0.6 is 23.1 Å². The average molecular weight is 457 g/mol. The van der Waals surface area contributed by atoms with Crippen LogP contribution in [0.15, 0.2) is 58.9 Å². The summed E-state index contributed by atoms with van der Waals surface area (Å²) in [6.45, 7) is 0.977. The number of nitrogens with zero attached hydrogens (tertiary/aromatic N) is 3. The molecule has 0 atom stereocenters. The molecule has 0 bridgehead atoms. The normalized spacial score (nSPS) is 14.4. The molecule has 0 spiro atoms. The highest BCUT2D eigenvalue weighted by atomic mass is 32.2. The Morgan fingerprint density at radius 2 is 1.77 bits per heavy atom. The first-order chi connectivity index (χ1) is 15.1. The smallest absolute Gasteiger partial charge is 0.253 e. The number of rotatable bonds is 6. The second-order valence-electron chi connectivity index (χ2n) is 7.21. The Bertz CT molecular complexity index is 1040. The van der Waals surface area contributed by atoms with Gasteiger partial charge < -0.3 is 10.2 Å². The van der Waals surface area contributed by atoms with Crippen LogP contribution in [0, 0.1) is 11.7 Å². The van der Waals surface area contributed by atoms with Crippen LogP contribution in [0.25, 0.3) is 0 Å². The number of likely N-dealkylation sites (tertiary alicyclic amines) is 1. The minimum atomic E-state index is -0.370. The van der Waals surface area contributed by atoms with E-state index < -0.39 is 0 Å². The lowest BCUT2D eigenvalue weighted by atomic mass is 9.95. The van der Waals surface area contributed by atoms with Crippen LogP contribution in [0.5, 0.6) is 0 Å². The van der Waals surface area contributed by atoms with Crippen LogP contribution in [0.3, 0.4) is 0 Å². The second-order valence-corrected chi connectivity index (χ2v) is 9.41. The number of amides is 2. The minimum absolute atomic E-state index is 0.0929. The largest absolute Gasteiger partial charge is 0.339 e. The first-order valence-corrected chi connectivity index (χ1v) is 11.7. The third-order valence-electron chi connectivity index (χ3n) is 5.09. The van der Waals surface area contributed by atoms with Gasteiger partial charge >= 0.3 is 0 Å². The molecule has 160 valence electrons. The molecule has 31 heavy (non-hydrogen) atoms. The van der Waals surface area contributed by atoms with Gasteiger partial charge in [-0.15, -0.1) is 10.2 Å². The van der Waals surface area contributed by atoms with E-state index in [0.29, 0.717) is 36.6 Å². The average Bonchev–Trinajstić information content (AvgIpc) is 3.26. The highest BCUT2D eigenvalue weighted by molar-refractivity contribution is 8.00. The van der Waals surface area contributed by atoms with Gasteiger partial charge in [0.1, 0.15) is 5.82 Å². The fourth-order valence-corrected chi connectivity index (χ4v) is 5.08. The predicted octanol–water partition coefficient (Wildman–Crippen LogP) is 4.46. The minimum Gasteiger partial charge on any atom is -0.339 e. The predicted molar refractivity (Wildman–Crippen MR) is 120 cm³/mol. The number of hydrogen-bond acceptors (Lipinski definition) is 6. The van der Waals surface area contributed by atoms with Gasteiger partial charge in [0.15, 0.2) is 4.34 Å². The Morgan fingerprint density at radius 3 is 2.48 bits per heavy atom. The number of carbonyl (C=O) groups excluding carboxylic acids is 2. The van der Waals surface area contributed by atoms with Crippen molar-refractivity contribution in [2.45, 2.75) is 22.9 Å². The van der Waals surface area contributed by atoms with Crippen molar-refractivity contribution in [3.05, 3.63) is 71.5 Å². The fraction of sp³-hybridized carbons (Fsp3) is 0.273. The summed E-state index contributed by atoms with van der Waals surface area (Å²) in [5.41, 5.74) is 1.66. The zero-order valence-electron chi connectivity index (χ0n) is 16.7. The highest BCUT2D eigenvalue weighted by Crippen LogP contribution is 2.29. The van der Waals surface area contributed by atoms with Crippen molar-refractivity contribution >= 4 is 40.0 Å². The molecule has 1 N–H and O–H groups in total. The molecule has 1 saturated heterocycles. The number of anilines is 1. The fourth-order valence-electron chi connectivity index (χ4n) is 3.37. The topological polar surface area (TPSA) is 75.2 Å². The van der Waals surface area contributed by atoms with Gasteiger partial charge in [-0.05, 0) is 42.7 Å². The molecule has 2 heterocycles. The monoisotopic (exact) mass is 456 g/mol. The number of aromatic nitrogens is 2. The number of benzene rings is 2. The van der Waals surface area contributed by atoms with Crippen molar-refractivity contribution in [3.63, 3.8) is 0 Å². The molecule has 6 nitrogen and oxygen atoms in total. The van der Waals surface area contributed by atoms with Gasteiger partial charge in [0.2, 0.25) is 11.0 Å². The van der Waals surface area contributed by atoms with Crippen LogP contribution < -0.4 is 5.32 Å². The van der Waals surface area contributed by atoms with Crippen molar-refractivity contribution < 1.29 is 14.0 Å². The van der Waals surface area contributed by atoms with Crippen LogP contribution in [0.2, 0.25) is 0 Å². The highest BCUT2D eigenvalue weighted by Gasteiger charge is 2.28. The Hall–Kier alpha value is -2.78. The van der Waals surface area contributed by atoms with Crippen molar-refractivity contribution in [1.29, 1.82) is 0 Å². The van der Waals surface area contributed by atoms with Crippen molar-refractivity contribution in [1.82, 2.24) is 15.1 Å². The molecule has 1 aromatic heterocycles. The van der Waals surface area contributed by atoms with Crippen LogP contribution in [0.4, 0.5) is 9.52 Å². The summed E-state index contributed by atoms with van der Waals surface area (Å²) < 4.78 is 13.9. The summed E-state index contributed by atoms with van der Waals surface area (Å²) in [4.78, 5) is 26.9. The van der Waals surface area contributed by atoms with Crippen molar-refractivity contribution in [2.75, 3.05) is 18.4 Å². The molecular formula is C22H21FN4O2S2. The number of carbonyl (C=O) groups is 2. The first-order valence-electron chi connectivity index (χ1n) is 9.94. The lowest BCUT2D eigenvalue weighted by Crippen LogP contribution is -2.41. The third kappa shape index (κ3) is 5.68. The van der Waals surface area contributed by atoms with E-state index in [-0.39, 0.29) is 23.5 Å². The number of halogens is 1. The van der Waals surface area contributed by atoms with E-state index >= 15 is 0 Å². The van der Waals surface area contributed by atoms with Crippen molar-refractivity contribution in [3.8, 4) is 0 Å². The maximum Gasteiger partial charge on any atom is 0.253 e. The quantitative estimate of drug-likeness (QED) is 0.438. The molecule has 0 aliphatic carbocycles. The van der Waals surface area contributed by atoms with E-state index in [1.807, 2.05) is 18.2 Å². The Kier molecular flexibility index (Phi) is 6.93. The number of thioether (sulfide) groups is 1. The van der Waals surface area contributed by atoms with E-state index in [4.69, 9.17) is 0 Å². The standard InChI is InChI=1S/C22H21FN4O2S2/c23-18-8-6-17(7-9-18)20(29)27-12-10-16(11-13-27)19(28)24-21-25-26-22(31-21)30-14-15-4-2-1-3-5-15/h1-9,16H,10-14H2,(H,24,25,28). The SMILES string of the molecule is O=C(Nc1nnc(SCc2ccccc2)s1)C1CCN(C(=O)c2ccc(F)cc2)CC1. The Balaban J connectivity index is 1.25. The molecule has 2 aromatic carbocycles. The van der Waals surface area contributed by atoms with Gasteiger partial charge in [-0.1, -0.05) is 53.4 Å². The first kappa shape index (κ1) is 21.5. The zero-order chi connectivity index (χ0) is 21.6. The molecule has 1 fully saturated rings. The molecule has 1 aliphatic heterocycles. The summed E-state index contributed by atoms with van der Waals surface area (Å²) in [5, 5.41) is 11.6. The molecule has 1 aliphatic rings. The van der Waals surface area contributed by atoms with Crippen LogP contribution in [-0.2, 0) is 10.5 Å². The van der Waals surface area contributed by atoms with Gasteiger partial charge in [0.05, 0.1) is 0 Å². The van der Waals surface area contributed by atoms with E-state index in [1.54, 1.807) is 16.7 Å². The maximum absolute atomic E-state index is 13.1. The number of piperidine rings is 1. The lowest BCUT2D eigenvalue weighted by Gasteiger charge is -2.31. The maximum atomic E-state index is 13.1. The van der Waals surface area contributed by atoms with E-state index in [1.165, 1.54) is 41.2 Å². The molecule has 3 aromatic rings. The van der Waals surface area contributed by atoms with Crippen molar-refractivity contribution in [2.24, 2.45) is 5.92 Å². The molecule has 2 amide bonds. The summed E-state index contributed by atoms with van der Waals surface area (Å²) in [7, 11) is 0. The zero-order valence-corrected chi connectivity index (χ0v) is 18.3. The molecule has 4 rings (SSSR count). The van der Waals surface area contributed by atoms with Gasteiger partial charge in [0.25, 0.3) is 5.91 Å². The van der Waals surface area contributed by atoms with E-state index in [9.17, 15) is 14.0 Å². The summed E-state index contributed by atoms with van der Waals surface area (Å²) in [5.74, 6) is 0.0174. The van der Waals surface area contributed by atoms with Gasteiger partial charge in [0, 0.05) is 30.3 Å². The third-order valence-corrected chi connectivity index (χ3v) is 7.13. The number of hydrogen-bond donors (Lipinski definition) is 1. The van der Waals surface area contributed by atoms with Gasteiger partial charge in [-0.25, -0.2) is 4.39 Å². The molecule has 0 radical (unpaired) electrons. The number of nitrogens with one attached hydrogen (secondary N) is 1. The lowest BCUT2D eigenvalue weighted by molar-refractivity contribution is -0.121. The van der Waals surface area contributed by atoms with E-state index in [0.717, 1.165) is 10.1 Å². The summed E-state index contributed by atoms with van der Waals surface area (Å²) in [6, 6.07) is 15.6. The second kappa shape index (κ2) is 10.0. The molecular weight excluding hydrogens is 435 g/mol. The summed E-state index contributed by atoms with van der Waals surface area (Å²) in [6.07, 6.45) is 1.15. The van der Waals surface area contributed by atoms with Gasteiger partial charge in [-0.2, -0.15) is 0 Å². The van der Waals surface area contributed by atoms with Gasteiger partial charge in [-0.3, -0.25) is 9.59 Å². The Morgan fingerprint density at radius 1 is 1.06 bits per heavy atom. The molecule has 0 saturated carbocycles. The molecule has 9 heteroatoms.